The lowest BCUT2D eigenvalue weighted by Crippen LogP contribution is -2.35. The number of sulfonamides is 1. The van der Waals surface area contributed by atoms with Crippen LogP contribution in [0.2, 0.25) is 0 Å². The van der Waals surface area contributed by atoms with E-state index in [1.54, 1.807) is 0 Å². The van der Waals surface area contributed by atoms with Crippen LogP contribution in [0, 0.1) is 0 Å². The first kappa shape index (κ1) is 17.4. The number of carbonyl (C=O) groups excluding carboxylic acids is 1. The van der Waals surface area contributed by atoms with Crippen LogP contribution in [-0.4, -0.2) is 46.2 Å². The molecule has 0 radical (unpaired) electrons. The van der Waals surface area contributed by atoms with Gasteiger partial charge in [0.25, 0.3) is 5.92 Å². The minimum atomic E-state index is -3.48. The molecule has 10 heteroatoms. The second-order valence-corrected chi connectivity index (χ2v) is 7.02. The zero-order chi connectivity index (χ0) is 17.3. The van der Waals surface area contributed by atoms with E-state index in [2.05, 4.69) is 15.4 Å². The van der Waals surface area contributed by atoms with Crippen LogP contribution in [-0.2, 0) is 14.8 Å². The first-order valence-electron chi connectivity index (χ1n) is 6.67. The average Bonchev–Trinajstić information content (AvgIpc) is 2.79. The topological polar surface area (TPSA) is 96.5 Å². The molecule has 1 fully saturated rings. The van der Waals surface area contributed by atoms with Crippen molar-refractivity contribution < 1.29 is 26.7 Å². The molecule has 1 aromatic rings. The van der Waals surface area contributed by atoms with E-state index < -0.39 is 40.9 Å². The van der Waals surface area contributed by atoms with Crippen molar-refractivity contribution in [2.45, 2.75) is 18.4 Å². The number of carbonyl (C=O) groups is 1. The molecule has 0 aliphatic carbocycles. The normalized spacial score (nSPS) is 20.1. The molecule has 0 saturated carbocycles. The Labute approximate surface area is 132 Å². The minimum Gasteiger partial charge on any atom is -0.494 e. The van der Waals surface area contributed by atoms with Crippen LogP contribution in [0.15, 0.2) is 18.2 Å². The van der Waals surface area contributed by atoms with E-state index in [0.29, 0.717) is 5.69 Å². The maximum atomic E-state index is 13.1. The Balaban J connectivity index is 2.10. The van der Waals surface area contributed by atoms with Crippen LogP contribution in [0.5, 0.6) is 5.75 Å². The highest BCUT2D eigenvalue weighted by molar-refractivity contribution is 7.92. The van der Waals surface area contributed by atoms with Gasteiger partial charge in [-0.3, -0.25) is 14.8 Å². The molecule has 7 nitrogen and oxygen atoms in total. The third kappa shape index (κ3) is 4.76. The summed E-state index contributed by atoms with van der Waals surface area (Å²) in [5.41, 5.74) is 0.515. The number of halogens is 2. The van der Waals surface area contributed by atoms with E-state index >= 15 is 0 Å². The summed E-state index contributed by atoms with van der Waals surface area (Å²) in [7, 11) is -2.14. The van der Waals surface area contributed by atoms with Gasteiger partial charge in [-0.05, 0) is 12.1 Å². The molecular formula is C13H17F2N3O4S. The molecule has 2 rings (SSSR count). The molecule has 1 aliphatic heterocycles. The van der Waals surface area contributed by atoms with Gasteiger partial charge in [-0.15, -0.1) is 0 Å². The fourth-order valence-corrected chi connectivity index (χ4v) is 2.75. The van der Waals surface area contributed by atoms with Crippen LogP contribution < -0.4 is 20.1 Å². The lowest BCUT2D eigenvalue weighted by molar-refractivity contribution is -0.118. The van der Waals surface area contributed by atoms with Gasteiger partial charge in [-0.2, -0.15) is 0 Å². The Hall–Kier alpha value is -1.94. The summed E-state index contributed by atoms with van der Waals surface area (Å²) in [4.78, 5) is 12.0. The van der Waals surface area contributed by atoms with Crippen molar-refractivity contribution in [1.29, 1.82) is 0 Å². The molecule has 1 saturated heterocycles. The molecule has 1 unspecified atom stereocenters. The number of amides is 1. The Bertz CT molecular complexity index is 709. The van der Waals surface area contributed by atoms with Crippen LogP contribution in [0.3, 0.4) is 0 Å². The van der Waals surface area contributed by atoms with Gasteiger partial charge in [0.1, 0.15) is 5.75 Å². The van der Waals surface area contributed by atoms with Crippen LogP contribution in [0.4, 0.5) is 20.2 Å². The summed E-state index contributed by atoms with van der Waals surface area (Å²) in [6.07, 6.45) is 0.428. The van der Waals surface area contributed by atoms with Gasteiger partial charge < -0.3 is 10.1 Å². The zero-order valence-electron chi connectivity index (χ0n) is 12.5. The van der Waals surface area contributed by atoms with E-state index in [1.165, 1.54) is 25.3 Å². The number of hydrogen-bond acceptors (Lipinski definition) is 5. The molecule has 0 aromatic heterocycles. The third-order valence-electron chi connectivity index (χ3n) is 3.19. The summed E-state index contributed by atoms with van der Waals surface area (Å²) in [5.74, 6) is -3.30. The number of rotatable bonds is 5. The number of ether oxygens (including phenoxy) is 1. The molecule has 0 spiro atoms. The lowest BCUT2D eigenvalue weighted by atomic mass is 10.1. The van der Waals surface area contributed by atoms with Gasteiger partial charge in [0.05, 0.1) is 31.6 Å². The van der Waals surface area contributed by atoms with E-state index in [-0.39, 0.29) is 11.4 Å². The minimum absolute atomic E-state index is 0.193. The zero-order valence-corrected chi connectivity index (χ0v) is 13.3. The van der Waals surface area contributed by atoms with Crippen molar-refractivity contribution in [1.82, 2.24) is 5.32 Å². The Morgan fingerprint density at radius 1 is 1.43 bits per heavy atom. The summed E-state index contributed by atoms with van der Waals surface area (Å²) >= 11 is 0. The van der Waals surface area contributed by atoms with E-state index in [4.69, 9.17) is 4.74 Å². The van der Waals surface area contributed by atoms with Gasteiger partial charge in [0.15, 0.2) is 0 Å². The van der Waals surface area contributed by atoms with Crippen LogP contribution >= 0.6 is 0 Å². The van der Waals surface area contributed by atoms with E-state index in [0.717, 1.165) is 6.26 Å². The second-order valence-electron chi connectivity index (χ2n) is 5.27. The number of hydrogen-bond donors (Lipinski definition) is 3. The fourth-order valence-electron chi connectivity index (χ4n) is 2.18. The van der Waals surface area contributed by atoms with Crippen molar-refractivity contribution >= 4 is 27.3 Å². The Kier molecular flexibility index (Phi) is 4.76. The van der Waals surface area contributed by atoms with Gasteiger partial charge >= 0.3 is 0 Å². The van der Waals surface area contributed by atoms with Crippen molar-refractivity contribution in [3.63, 3.8) is 0 Å². The van der Waals surface area contributed by atoms with E-state index in [1.807, 2.05) is 0 Å². The van der Waals surface area contributed by atoms with Gasteiger partial charge in [0, 0.05) is 18.2 Å². The van der Waals surface area contributed by atoms with Gasteiger partial charge in [-0.25, -0.2) is 17.2 Å². The highest BCUT2D eigenvalue weighted by Gasteiger charge is 2.42. The molecule has 1 aliphatic rings. The maximum absolute atomic E-state index is 13.1. The van der Waals surface area contributed by atoms with Crippen molar-refractivity contribution in [2.75, 3.05) is 29.9 Å². The molecule has 3 N–H and O–H groups in total. The Morgan fingerprint density at radius 2 is 2.13 bits per heavy atom. The van der Waals surface area contributed by atoms with Crippen LogP contribution in [0.1, 0.15) is 6.42 Å². The molecular weight excluding hydrogens is 332 g/mol. The highest BCUT2D eigenvalue weighted by Crippen LogP contribution is 2.30. The molecule has 1 amide bonds. The smallest absolute Gasteiger partial charge is 0.262 e. The standard InChI is InChI=1S/C13H17F2N3O4S/c1-22-11-5-8(3-4-9(11)18-23(2,20)21)17-12(19)10-6-13(14,15)7-16-10/h3-5,10,16,18H,6-7H2,1-2H3,(H,17,19). The number of benzene rings is 1. The number of nitrogens with one attached hydrogen (secondary N) is 3. The molecule has 23 heavy (non-hydrogen) atoms. The summed E-state index contributed by atoms with van der Waals surface area (Å²) in [6, 6.07) is 3.27. The highest BCUT2D eigenvalue weighted by atomic mass is 32.2. The number of anilines is 2. The first-order valence-corrected chi connectivity index (χ1v) is 8.57. The SMILES string of the molecule is COc1cc(NC(=O)C2CC(F)(F)CN2)ccc1NS(C)(=O)=O. The van der Waals surface area contributed by atoms with Crippen molar-refractivity contribution in [3.05, 3.63) is 18.2 Å². The van der Waals surface area contributed by atoms with Crippen molar-refractivity contribution in [2.24, 2.45) is 0 Å². The molecule has 1 aromatic carbocycles. The summed E-state index contributed by atoms with van der Waals surface area (Å²) in [5, 5.41) is 4.95. The predicted molar refractivity (Wildman–Crippen MR) is 81.4 cm³/mol. The Morgan fingerprint density at radius 3 is 2.65 bits per heavy atom. The average molecular weight is 349 g/mol. The van der Waals surface area contributed by atoms with Gasteiger partial charge in [-0.1, -0.05) is 0 Å². The number of methoxy groups -OCH3 is 1. The molecule has 1 atom stereocenters. The molecule has 1 heterocycles. The number of alkyl halides is 2. The first-order chi connectivity index (χ1) is 10.6. The molecule has 0 bridgehead atoms. The largest absolute Gasteiger partial charge is 0.494 e. The third-order valence-corrected chi connectivity index (χ3v) is 3.78. The molecule has 128 valence electrons. The lowest BCUT2D eigenvalue weighted by Gasteiger charge is -2.14. The summed E-state index contributed by atoms with van der Waals surface area (Å²) in [6.45, 7) is -0.536. The van der Waals surface area contributed by atoms with E-state index in [9.17, 15) is 22.0 Å². The van der Waals surface area contributed by atoms with Gasteiger partial charge in [0.2, 0.25) is 15.9 Å². The van der Waals surface area contributed by atoms with Crippen molar-refractivity contribution in [3.8, 4) is 5.75 Å². The second kappa shape index (κ2) is 6.28. The fraction of sp³-hybridized carbons (Fsp3) is 0.462. The maximum Gasteiger partial charge on any atom is 0.262 e. The monoisotopic (exact) mass is 349 g/mol. The quantitative estimate of drug-likeness (QED) is 0.737. The predicted octanol–water partition coefficient (Wildman–Crippen LogP) is 1.00. The van der Waals surface area contributed by atoms with Crippen LogP contribution in [0.25, 0.3) is 0 Å². The summed E-state index contributed by atoms with van der Waals surface area (Å²) < 4.78 is 56.0.